The lowest BCUT2D eigenvalue weighted by atomic mass is 10.1. The van der Waals surface area contributed by atoms with Gasteiger partial charge in [0.2, 0.25) is 0 Å². The van der Waals surface area contributed by atoms with Crippen LogP contribution >= 0.6 is 11.3 Å². The molecule has 2 rings (SSSR count). The average Bonchev–Trinajstić information content (AvgIpc) is 2.52. The number of hydrogen-bond donors (Lipinski definition) is 1. The van der Waals surface area contributed by atoms with Crippen molar-refractivity contribution in [1.82, 2.24) is 9.97 Å². The fourth-order valence-electron chi connectivity index (χ4n) is 2.11. The normalized spacial score (nSPS) is 12.1. The van der Waals surface area contributed by atoms with Gasteiger partial charge in [0.25, 0.3) is 0 Å². The van der Waals surface area contributed by atoms with Crippen molar-refractivity contribution in [1.29, 1.82) is 0 Å². The second-order valence-electron chi connectivity index (χ2n) is 5.33. The maximum atomic E-state index is 9.91. The molecule has 0 amide bonds. The van der Waals surface area contributed by atoms with Crippen LogP contribution in [0.2, 0.25) is 0 Å². The molecular weight excluding hydrogens is 246 g/mol. The molecule has 0 saturated carbocycles. The Morgan fingerprint density at radius 1 is 1.33 bits per heavy atom. The van der Waals surface area contributed by atoms with Gasteiger partial charge in [0, 0.05) is 18.5 Å². The molecule has 0 aliphatic heterocycles. The summed E-state index contributed by atoms with van der Waals surface area (Å²) in [4.78, 5) is 13.0. The zero-order valence-corrected chi connectivity index (χ0v) is 12.3. The largest absolute Gasteiger partial charge is 0.389 e. The smallest absolute Gasteiger partial charge is 0.140 e. The van der Waals surface area contributed by atoms with Crippen LogP contribution in [0.25, 0.3) is 10.2 Å². The highest BCUT2D eigenvalue weighted by Crippen LogP contribution is 2.34. The predicted molar refractivity (Wildman–Crippen MR) is 76.5 cm³/mol. The van der Waals surface area contributed by atoms with E-state index in [0.29, 0.717) is 6.54 Å². The summed E-state index contributed by atoms with van der Waals surface area (Å²) in [5.41, 5.74) is 0.485. The van der Waals surface area contributed by atoms with E-state index in [2.05, 4.69) is 23.8 Å². The first-order chi connectivity index (χ1) is 8.29. The van der Waals surface area contributed by atoms with Gasteiger partial charge in [-0.1, -0.05) is 0 Å². The minimum Gasteiger partial charge on any atom is -0.389 e. The van der Waals surface area contributed by atoms with Crippen LogP contribution in [0.15, 0.2) is 6.33 Å². The lowest BCUT2D eigenvalue weighted by molar-refractivity contribution is 0.0885. The van der Waals surface area contributed by atoms with Crippen molar-refractivity contribution >= 4 is 27.4 Å². The molecule has 2 aromatic heterocycles. The van der Waals surface area contributed by atoms with Crippen molar-refractivity contribution < 1.29 is 5.11 Å². The molecule has 2 aromatic rings. The summed E-state index contributed by atoms with van der Waals surface area (Å²) in [5, 5.41) is 11.0. The van der Waals surface area contributed by atoms with Crippen molar-refractivity contribution in [3.05, 3.63) is 16.8 Å². The van der Waals surface area contributed by atoms with E-state index in [1.54, 1.807) is 31.5 Å². The van der Waals surface area contributed by atoms with Gasteiger partial charge in [-0.15, -0.1) is 11.3 Å². The zero-order valence-electron chi connectivity index (χ0n) is 11.5. The second kappa shape index (κ2) is 4.48. The molecule has 0 unspecified atom stereocenters. The summed E-state index contributed by atoms with van der Waals surface area (Å²) in [5.74, 6) is 0.893. The molecule has 2 heterocycles. The summed E-state index contributed by atoms with van der Waals surface area (Å²) in [6.07, 6.45) is 1.59. The Kier molecular flexibility index (Phi) is 3.29. The van der Waals surface area contributed by atoms with Crippen LogP contribution in [0.1, 0.15) is 24.3 Å². The van der Waals surface area contributed by atoms with Gasteiger partial charge in [0.05, 0.1) is 11.0 Å². The van der Waals surface area contributed by atoms with Crippen molar-refractivity contribution in [2.45, 2.75) is 33.3 Å². The van der Waals surface area contributed by atoms with E-state index in [1.807, 2.05) is 11.9 Å². The van der Waals surface area contributed by atoms with Gasteiger partial charge in [-0.2, -0.15) is 0 Å². The lowest BCUT2D eigenvalue weighted by Gasteiger charge is -2.26. The lowest BCUT2D eigenvalue weighted by Crippen LogP contribution is -2.36. The topological polar surface area (TPSA) is 49.2 Å². The molecule has 0 spiro atoms. The molecule has 0 aromatic carbocycles. The van der Waals surface area contributed by atoms with E-state index in [9.17, 15) is 5.11 Å². The molecule has 18 heavy (non-hydrogen) atoms. The number of aromatic nitrogens is 2. The molecule has 4 nitrogen and oxygen atoms in total. The standard InChI is InChI=1S/C13H19N3OS/c1-8-9(2)18-12-10(8)11(14-7-15-12)16(5)6-13(3,4)17/h7,17H,6H2,1-5H3. The third-order valence-corrected chi connectivity index (χ3v) is 4.05. The second-order valence-corrected chi connectivity index (χ2v) is 6.53. The van der Waals surface area contributed by atoms with Gasteiger partial charge in [-0.3, -0.25) is 0 Å². The predicted octanol–water partition coefficient (Wildman–Crippen LogP) is 2.52. The van der Waals surface area contributed by atoms with E-state index < -0.39 is 5.60 Å². The monoisotopic (exact) mass is 265 g/mol. The molecule has 0 saturated heterocycles. The van der Waals surface area contributed by atoms with Crippen LogP contribution in [0.3, 0.4) is 0 Å². The van der Waals surface area contributed by atoms with E-state index in [4.69, 9.17) is 0 Å². The van der Waals surface area contributed by atoms with Crippen LogP contribution in [-0.2, 0) is 0 Å². The summed E-state index contributed by atoms with van der Waals surface area (Å²) in [6.45, 7) is 8.33. The molecule has 5 heteroatoms. The SMILES string of the molecule is Cc1sc2ncnc(N(C)CC(C)(C)O)c2c1C. The van der Waals surface area contributed by atoms with Crippen molar-refractivity contribution in [3.8, 4) is 0 Å². The number of thiophene rings is 1. The number of nitrogens with zero attached hydrogens (tertiary/aromatic N) is 3. The van der Waals surface area contributed by atoms with Crippen LogP contribution in [0, 0.1) is 13.8 Å². The number of anilines is 1. The average molecular weight is 265 g/mol. The van der Waals surface area contributed by atoms with Crippen molar-refractivity contribution in [3.63, 3.8) is 0 Å². The Bertz CT molecular complexity index is 571. The molecular formula is C13H19N3OS. The van der Waals surface area contributed by atoms with E-state index in [0.717, 1.165) is 16.0 Å². The summed E-state index contributed by atoms with van der Waals surface area (Å²) in [6, 6.07) is 0. The third-order valence-electron chi connectivity index (χ3n) is 2.93. The minimum absolute atomic E-state index is 0.535. The highest BCUT2D eigenvalue weighted by atomic mass is 32.1. The molecule has 98 valence electrons. The van der Waals surface area contributed by atoms with Crippen LogP contribution in [-0.4, -0.2) is 34.3 Å². The molecule has 0 radical (unpaired) electrons. The van der Waals surface area contributed by atoms with Crippen LogP contribution in [0.4, 0.5) is 5.82 Å². The number of hydrogen-bond acceptors (Lipinski definition) is 5. The number of aliphatic hydroxyl groups is 1. The molecule has 0 atom stereocenters. The van der Waals surface area contributed by atoms with Gasteiger partial charge in [0.1, 0.15) is 17.0 Å². The molecule has 0 aliphatic carbocycles. The van der Waals surface area contributed by atoms with Gasteiger partial charge in [-0.05, 0) is 33.3 Å². The van der Waals surface area contributed by atoms with E-state index >= 15 is 0 Å². The molecule has 0 bridgehead atoms. The zero-order chi connectivity index (χ0) is 13.5. The van der Waals surface area contributed by atoms with Gasteiger partial charge in [0.15, 0.2) is 0 Å². The summed E-state index contributed by atoms with van der Waals surface area (Å²) < 4.78 is 0. The number of rotatable bonds is 3. The van der Waals surface area contributed by atoms with Crippen molar-refractivity contribution in [2.24, 2.45) is 0 Å². The molecule has 0 aliphatic rings. The first-order valence-electron chi connectivity index (χ1n) is 5.94. The first-order valence-corrected chi connectivity index (χ1v) is 6.75. The number of likely N-dealkylation sites (N-methyl/N-ethyl adjacent to an activating group) is 1. The molecule has 0 fully saturated rings. The highest BCUT2D eigenvalue weighted by Gasteiger charge is 2.20. The summed E-state index contributed by atoms with van der Waals surface area (Å²) in [7, 11) is 1.95. The van der Waals surface area contributed by atoms with Gasteiger partial charge < -0.3 is 10.0 Å². The quantitative estimate of drug-likeness (QED) is 0.926. The Labute approximate surface area is 111 Å². The van der Waals surface area contributed by atoms with Crippen LogP contribution < -0.4 is 4.90 Å². The first kappa shape index (κ1) is 13.2. The Morgan fingerprint density at radius 3 is 2.61 bits per heavy atom. The Morgan fingerprint density at radius 2 is 2.00 bits per heavy atom. The minimum atomic E-state index is -0.745. The fraction of sp³-hybridized carbons (Fsp3) is 0.538. The molecule has 1 N–H and O–H groups in total. The van der Waals surface area contributed by atoms with E-state index in [1.165, 1.54) is 10.4 Å². The van der Waals surface area contributed by atoms with Gasteiger partial charge >= 0.3 is 0 Å². The van der Waals surface area contributed by atoms with Gasteiger partial charge in [-0.25, -0.2) is 9.97 Å². The number of aryl methyl sites for hydroxylation is 2. The maximum absolute atomic E-state index is 9.91. The Balaban J connectivity index is 2.51. The summed E-state index contributed by atoms with van der Waals surface area (Å²) >= 11 is 1.69. The fourth-order valence-corrected chi connectivity index (χ4v) is 3.10. The highest BCUT2D eigenvalue weighted by molar-refractivity contribution is 7.18. The Hall–Kier alpha value is -1.20. The van der Waals surface area contributed by atoms with Crippen molar-refractivity contribution in [2.75, 3.05) is 18.5 Å². The van der Waals surface area contributed by atoms with E-state index in [-0.39, 0.29) is 0 Å². The third kappa shape index (κ3) is 2.47. The van der Waals surface area contributed by atoms with Crippen LogP contribution in [0.5, 0.6) is 0 Å². The maximum Gasteiger partial charge on any atom is 0.140 e. The number of fused-ring (bicyclic) bond motifs is 1.